The van der Waals surface area contributed by atoms with E-state index in [1.807, 2.05) is 59.2 Å². The first kappa shape index (κ1) is 21.7. The molecule has 0 bridgehead atoms. The van der Waals surface area contributed by atoms with Crippen LogP contribution in [0.5, 0.6) is 11.5 Å². The molecule has 1 aromatic heterocycles. The molecule has 34 heavy (non-hydrogen) atoms. The molecule has 0 fully saturated rings. The molecular weight excluding hydrogens is 456 g/mol. The topological polar surface area (TPSA) is 109 Å². The van der Waals surface area contributed by atoms with Gasteiger partial charge < -0.3 is 9.47 Å². The predicted molar refractivity (Wildman–Crippen MR) is 125 cm³/mol. The van der Waals surface area contributed by atoms with Crippen LogP contribution >= 0.6 is 11.8 Å². The van der Waals surface area contributed by atoms with E-state index in [0.717, 1.165) is 5.69 Å². The molecule has 0 aliphatic carbocycles. The fraction of sp³-hybridized carbons (Fsp3) is 0.125. The van der Waals surface area contributed by atoms with Crippen LogP contribution in [0.25, 0.3) is 5.69 Å². The summed E-state index contributed by atoms with van der Waals surface area (Å²) in [5.41, 5.74) is 1.16. The van der Waals surface area contributed by atoms with Crippen LogP contribution in [0.4, 0.5) is 5.69 Å². The van der Waals surface area contributed by atoms with Gasteiger partial charge in [-0.05, 0) is 36.4 Å². The number of non-ortho nitro benzene ring substituents is 1. The van der Waals surface area contributed by atoms with Crippen molar-refractivity contribution in [2.24, 2.45) is 0 Å². The highest BCUT2D eigenvalue weighted by atomic mass is 32.2. The number of aromatic nitrogens is 3. The first-order valence-corrected chi connectivity index (χ1v) is 11.4. The van der Waals surface area contributed by atoms with Crippen LogP contribution < -0.4 is 9.47 Å². The van der Waals surface area contributed by atoms with Crippen LogP contribution in [0, 0.1) is 10.1 Å². The van der Waals surface area contributed by atoms with Crippen molar-refractivity contribution in [1.29, 1.82) is 0 Å². The SMILES string of the molecule is O=C(CSc1nnc(C2COc3ccccc3O2)n1-c1ccccc1)c1ccc([N+](=O)[O-])cc1. The molecule has 0 amide bonds. The zero-order valence-corrected chi connectivity index (χ0v) is 18.6. The van der Waals surface area contributed by atoms with E-state index in [4.69, 9.17) is 9.47 Å². The van der Waals surface area contributed by atoms with Crippen LogP contribution in [-0.2, 0) is 0 Å². The van der Waals surface area contributed by atoms with Gasteiger partial charge in [-0.25, -0.2) is 0 Å². The second-order valence-electron chi connectivity index (χ2n) is 7.39. The van der Waals surface area contributed by atoms with Gasteiger partial charge >= 0.3 is 0 Å². The van der Waals surface area contributed by atoms with E-state index in [9.17, 15) is 14.9 Å². The van der Waals surface area contributed by atoms with Gasteiger partial charge in [-0.1, -0.05) is 42.1 Å². The van der Waals surface area contributed by atoms with Gasteiger partial charge in [0.05, 0.1) is 10.7 Å². The molecule has 170 valence electrons. The molecule has 2 heterocycles. The van der Waals surface area contributed by atoms with E-state index in [0.29, 0.717) is 28.0 Å². The average Bonchev–Trinajstić information content (AvgIpc) is 3.31. The van der Waals surface area contributed by atoms with Crippen molar-refractivity contribution in [2.75, 3.05) is 12.4 Å². The van der Waals surface area contributed by atoms with Crippen LogP contribution in [0.2, 0.25) is 0 Å². The second-order valence-corrected chi connectivity index (χ2v) is 8.33. The van der Waals surface area contributed by atoms with Crippen LogP contribution in [0.1, 0.15) is 22.3 Å². The number of nitrogens with zero attached hydrogens (tertiary/aromatic N) is 4. The lowest BCUT2D eigenvalue weighted by atomic mass is 10.1. The Balaban J connectivity index is 1.40. The summed E-state index contributed by atoms with van der Waals surface area (Å²) in [6, 6.07) is 22.6. The van der Waals surface area contributed by atoms with Gasteiger partial charge in [-0.3, -0.25) is 19.5 Å². The third-order valence-electron chi connectivity index (χ3n) is 5.20. The van der Waals surface area contributed by atoms with Gasteiger partial charge in [-0.2, -0.15) is 0 Å². The van der Waals surface area contributed by atoms with Gasteiger partial charge in [0.25, 0.3) is 5.69 Å². The minimum Gasteiger partial charge on any atom is -0.485 e. The number of carbonyl (C=O) groups is 1. The Hall–Kier alpha value is -4.18. The van der Waals surface area contributed by atoms with Crippen LogP contribution in [0.3, 0.4) is 0 Å². The number of thioether (sulfide) groups is 1. The number of nitro groups is 1. The number of Topliss-reactive ketones (excluding diaryl/α,β-unsaturated/α-hetero) is 1. The number of hydrogen-bond donors (Lipinski definition) is 0. The molecular formula is C24H18N4O5S. The molecule has 0 N–H and O–H groups in total. The van der Waals surface area contributed by atoms with Crippen molar-refractivity contribution in [3.8, 4) is 17.2 Å². The lowest BCUT2D eigenvalue weighted by Gasteiger charge is -2.26. The number of ketones is 1. The van der Waals surface area contributed by atoms with E-state index in [2.05, 4.69) is 10.2 Å². The Kier molecular flexibility index (Phi) is 5.96. The maximum absolute atomic E-state index is 12.7. The number of ether oxygens (including phenoxy) is 2. The number of hydrogen-bond acceptors (Lipinski definition) is 8. The van der Waals surface area contributed by atoms with Crippen molar-refractivity contribution in [3.63, 3.8) is 0 Å². The van der Waals surface area contributed by atoms with E-state index >= 15 is 0 Å². The fourth-order valence-electron chi connectivity index (χ4n) is 3.53. The minimum atomic E-state index is -0.498. The summed E-state index contributed by atoms with van der Waals surface area (Å²) in [6.45, 7) is 0.272. The molecule has 0 saturated heterocycles. The predicted octanol–water partition coefficient (Wildman–Crippen LogP) is 4.66. The first-order chi connectivity index (χ1) is 16.6. The number of para-hydroxylation sites is 3. The molecule has 0 radical (unpaired) electrons. The Morgan fingerprint density at radius 1 is 1.00 bits per heavy atom. The third kappa shape index (κ3) is 4.35. The highest BCUT2D eigenvalue weighted by Crippen LogP contribution is 2.37. The normalized spacial score (nSPS) is 14.5. The van der Waals surface area contributed by atoms with E-state index < -0.39 is 11.0 Å². The molecule has 0 spiro atoms. The minimum absolute atomic E-state index is 0.0612. The maximum atomic E-state index is 12.7. The lowest BCUT2D eigenvalue weighted by Crippen LogP contribution is -2.24. The summed E-state index contributed by atoms with van der Waals surface area (Å²) >= 11 is 1.24. The molecule has 0 saturated carbocycles. The van der Waals surface area contributed by atoms with E-state index in [-0.39, 0.29) is 23.8 Å². The smallest absolute Gasteiger partial charge is 0.269 e. The zero-order valence-electron chi connectivity index (χ0n) is 17.7. The van der Waals surface area contributed by atoms with Crippen molar-refractivity contribution in [3.05, 3.63) is 100 Å². The van der Waals surface area contributed by atoms with E-state index in [1.165, 1.54) is 36.0 Å². The quantitative estimate of drug-likeness (QED) is 0.165. The molecule has 5 rings (SSSR count). The molecule has 10 heteroatoms. The zero-order chi connectivity index (χ0) is 23.5. The third-order valence-corrected chi connectivity index (χ3v) is 6.13. The van der Waals surface area contributed by atoms with Gasteiger partial charge in [0.15, 0.2) is 34.4 Å². The Bertz CT molecular complexity index is 1340. The largest absolute Gasteiger partial charge is 0.485 e. The van der Waals surface area contributed by atoms with Crippen molar-refractivity contribution >= 4 is 23.2 Å². The van der Waals surface area contributed by atoms with Crippen molar-refractivity contribution < 1.29 is 19.2 Å². The number of rotatable bonds is 7. The Morgan fingerprint density at radius 2 is 1.71 bits per heavy atom. The summed E-state index contributed by atoms with van der Waals surface area (Å²) in [6.07, 6.45) is -0.484. The summed E-state index contributed by atoms with van der Waals surface area (Å²) in [4.78, 5) is 23.0. The lowest BCUT2D eigenvalue weighted by molar-refractivity contribution is -0.384. The molecule has 3 aromatic carbocycles. The number of fused-ring (bicyclic) bond motifs is 1. The fourth-order valence-corrected chi connectivity index (χ4v) is 4.39. The summed E-state index contributed by atoms with van der Waals surface area (Å²) in [5, 5.41) is 20.1. The number of benzene rings is 3. The first-order valence-electron chi connectivity index (χ1n) is 10.4. The maximum Gasteiger partial charge on any atom is 0.269 e. The Morgan fingerprint density at radius 3 is 2.44 bits per heavy atom. The molecule has 4 aromatic rings. The average molecular weight is 474 g/mol. The number of nitro benzene ring substituents is 1. The second kappa shape index (κ2) is 9.36. The van der Waals surface area contributed by atoms with Gasteiger partial charge in [0, 0.05) is 23.4 Å². The highest BCUT2D eigenvalue weighted by molar-refractivity contribution is 7.99. The molecule has 1 aliphatic rings. The van der Waals surface area contributed by atoms with Gasteiger partial charge in [0.1, 0.15) is 6.61 Å². The molecule has 9 nitrogen and oxygen atoms in total. The Labute approximate surface area is 198 Å². The molecule has 1 aliphatic heterocycles. The van der Waals surface area contributed by atoms with Gasteiger partial charge in [-0.15, -0.1) is 10.2 Å². The summed E-state index contributed by atoms with van der Waals surface area (Å²) in [7, 11) is 0. The molecule has 1 atom stereocenters. The summed E-state index contributed by atoms with van der Waals surface area (Å²) in [5.74, 6) is 1.78. The monoisotopic (exact) mass is 474 g/mol. The van der Waals surface area contributed by atoms with Crippen LogP contribution in [0.15, 0.2) is 84.0 Å². The number of carbonyl (C=O) groups excluding carboxylic acids is 1. The molecule has 1 unspecified atom stereocenters. The standard InChI is InChI=1S/C24H18N4O5S/c29-19(16-10-12-18(13-11-16)28(30)31)15-34-24-26-25-23(27(24)17-6-2-1-3-7-17)22-14-32-20-8-4-5-9-21(20)33-22/h1-13,22H,14-15H2. The van der Waals surface area contributed by atoms with Gasteiger partial charge in [0.2, 0.25) is 0 Å². The van der Waals surface area contributed by atoms with Crippen molar-refractivity contribution in [1.82, 2.24) is 14.8 Å². The highest BCUT2D eigenvalue weighted by Gasteiger charge is 2.29. The van der Waals surface area contributed by atoms with Crippen LogP contribution in [-0.4, -0.2) is 37.8 Å². The van der Waals surface area contributed by atoms with Crippen molar-refractivity contribution in [2.45, 2.75) is 11.3 Å². The van der Waals surface area contributed by atoms with E-state index in [1.54, 1.807) is 0 Å². The summed E-state index contributed by atoms with van der Waals surface area (Å²) < 4.78 is 13.9.